The third-order valence-corrected chi connectivity index (χ3v) is 3.91. The number of hydrogen-bond acceptors (Lipinski definition) is 8. The van der Waals surface area contributed by atoms with E-state index in [2.05, 4.69) is 15.8 Å². The summed E-state index contributed by atoms with van der Waals surface area (Å²) in [7, 11) is 2.92. The number of benzene rings is 1. The molecule has 0 aliphatic carbocycles. The van der Waals surface area contributed by atoms with Crippen molar-refractivity contribution in [1.82, 2.24) is 10.5 Å². The molecule has 0 radical (unpaired) electrons. The minimum absolute atomic E-state index is 0.154. The summed E-state index contributed by atoms with van der Waals surface area (Å²) in [5.74, 6) is -0.877. The SMILES string of the molecule is COc1cc(OC)cc(C(=O)NCC(=O)OCC(=O)Nc2cc(C(C)(C)C)no2)c1. The van der Waals surface area contributed by atoms with E-state index in [9.17, 15) is 14.4 Å². The largest absolute Gasteiger partial charge is 0.497 e. The molecule has 2 rings (SSSR count). The Balaban J connectivity index is 1.80. The highest BCUT2D eigenvalue weighted by molar-refractivity contribution is 5.97. The molecule has 162 valence electrons. The summed E-state index contributed by atoms with van der Waals surface area (Å²) >= 11 is 0. The summed E-state index contributed by atoms with van der Waals surface area (Å²) in [6, 6.07) is 6.21. The first-order valence-corrected chi connectivity index (χ1v) is 9.06. The molecule has 10 nitrogen and oxygen atoms in total. The lowest BCUT2D eigenvalue weighted by molar-refractivity contribution is -0.146. The zero-order chi connectivity index (χ0) is 22.3. The number of nitrogens with one attached hydrogen (secondary N) is 2. The number of amides is 2. The van der Waals surface area contributed by atoms with E-state index in [1.54, 1.807) is 12.1 Å². The van der Waals surface area contributed by atoms with E-state index in [0.29, 0.717) is 17.2 Å². The first-order chi connectivity index (χ1) is 14.1. The maximum Gasteiger partial charge on any atom is 0.325 e. The number of nitrogens with zero attached hydrogens (tertiary/aromatic N) is 1. The van der Waals surface area contributed by atoms with Crippen LogP contribution in [0.5, 0.6) is 11.5 Å². The Labute approximate surface area is 173 Å². The Morgan fingerprint density at radius 1 is 1.03 bits per heavy atom. The second kappa shape index (κ2) is 9.77. The number of ether oxygens (including phenoxy) is 3. The van der Waals surface area contributed by atoms with Gasteiger partial charge in [0.2, 0.25) is 5.88 Å². The monoisotopic (exact) mass is 419 g/mol. The van der Waals surface area contributed by atoms with E-state index in [1.807, 2.05) is 20.8 Å². The zero-order valence-corrected chi connectivity index (χ0v) is 17.5. The fraction of sp³-hybridized carbons (Fsp3) is 0.400. The molecule has 0 saturated heterocycles. The molecule has 0 saturated carbocycles. The summed E-state index contributed by atoms with van der Waals surface area (Å²) in [4.78, 5) is 35.9. The molecule has 0 fully saturated rings. The van der Waals surface area contributed by atoms with E-state index in [0.717, 1.165) is 0 Å². The summed E-state index contributed by atoms with van der Waals surface area (Å²) in [5, 5.41) is 8.73. The van der Waals surface area contributed by atoms with Crippen LogP contribution in [0.3, 0.4) is 0 Å². The van der Waals surface area contributed by atoms with Crippen LogP contribution >= 0.6 is 0 Å². The van der Waals surface area contributed by atoms with Crippen LogP contribution in [0.1, 0.15) is 36.8 Å². The van der Waals surface area contributed by atoms with Crippen molar-refractivity contribution >= 4 is 23.7 Å². The zero-order valence-electron chi connectivity index (χ0n) is 17.5. The topological polar surface area (TPSA) is 129 Å². The van der Waals surface area contributed by atoms with Gasteiger partial charge in [0, 0.05) is 23.1 Å². The fourth-order valence-electron chi connectivity index (χ4n) is 2.25. The van der Waals surface area contributed by atoms with Crippen molar-refractivity contribution in [3.05, 3.63) is 35.5 Å². The molecule has 1 aromatic heterocycles. The van der Waals surface area contributed by atoms with Gasteiger partial charge in [-0.2, -0.15) is 0 Å². The lowest BCUT2D eigenvalue weighted by Crippen LogP contribution is -2.32. The van der Waals surface area contributed by atoms with Gasteiger partial charge in [-0.25, -0.2) is 0 Å². The molecule has 0 bridgehead atoms. The highest BCUT2D eigenvalue weighted by Crippen LogP contribution is 2.24. The third-order valence-electron chi connectivity index (χ3n) is 3.91. The molecule has 2 amide bonds. The summed E-state index contributed by atoms with van der Waals surface area (Å²) in [6.07, 6.45) is 0. The molecular weight excluding hydrogens is 394 g/mol. The normalized spacial score (nSPS) is 10.8. The Bertz CT molecular complexity index is 893. The van der Waals surface area contributed by atoms with E-state index >= 15 is 0 Å². The van der Waals surface area contributed by atoms with Gasteiger partial charge in [-0.1, -0.05) is 25.9 Å². The van der Waals surface area contributed by atoms with Crippen molar-refractivity contribution in [2.45, 2.75) is 26.2 Å². The van der Waals surface area contributed by atoms with Gasteiger partial charge in [0.15, 0.2) is 6.61 Å². The first kappa shape index (κ1) is 22.7. The van der Waals surface area contributed by atoms with E-state index in [4.69, 9.17) is 18.7 Å². The fourth-order valence-corrected chi connectivity index (χ4v) is 2.25. The third kappa shape index (κ3) is 6.50. The molecule has 0 atom stereocenters. The standard InChI is InChI=1S/C20H25N3O7/c1-20(2,3)15-9-17(30-23-15)22-16(24)11-29-18(25)10-21-19(26)12-6-13(27-4)8-14(7-12)28-5/h6-9H,10-11H2,1-5H3,(H,21,26)(H,22,24). The molecule has 0 aliphatic heterocycles. The van der Waals surface area contributed by atoms with Gasteiger partial charge < -0.3 is 24.1 Å². The van der Waals surface area contributed by atoms with Crippen molar-refractivity contribution in [3.63, 3.8) is 0 Å². The second-order valence-corrected chi connectivity index (χ2v) is 7.32. The smallest absolute Gasteiger partial charge is 0.325 e. The lowest BCUT2D eigenvalue weighted by atomic mass is 9.92. The van der Waals surface area contributed by atoms with Crippen molar-refractivity contribution in [2.75, 3.05) is 32.7 Å². The van der Waals surface area contributed by atoms with Crippen LogP contribution in [0.4, 0.5) is 5.88 Å². The average Bonchev–Trinajstić information content (AvgIpc) is 3.18. The molecule has 0 aliphatic rings. The molecule has 1 heterocycles. The minimum Gasteiger partial charge on any atom is -0.497 e. The number of anilines is 1. The molecule has 2 aromatic rings. The van der Waals surface area contributed by atoms with E-state index in [-0.39, 0.29) is 16.9 Å². The first-order valence-electron chi connectivity index (χ1n) is 9.06. The Kier molecular flexibility index (Phi) is 7.40. The molecule has 1 aromatic carbocycles. The van der Waals surface area contributed by atoms with Crippen LogP contribution in [0, 0.1) is 0 Å². The minimum atomic E-state index is -0.777. The Morgan fingerprint density at radius 2 is 1.67 bits per heavy atom. The average molecular weight is 419 g/mol. The highest BCUT2D eigenvalue weighted by Gasteiger charge is 2.20. The number of aromatic nitrogens is 1. The van der Waals surface area contributed by atoms with Crippen LogP contribution in [0.2, 0.25) is 0 Å². The molecule has 10 heteroatoms. The lowest BCUT2D eigenvalue weighted by Gasteiger charge is -2.12. The second-order valence-electron chi connectivity index (χ2n) is 7.32. The van der Waals surface area contributed by atoms with Crippen LogP contribution in [-0.4, -0.2) is 50.3 Å². The van der Waals surface area contributed by atoms with Gasteiger partial charge in [-0.15, -0.1) is 0 Å². The molecular formula is C20H25N3O7. The van der Waals surface area contributed by atoms with Crippen LogP contribution in [0.25, 0.3) is 0 Å². The van der Waals surface area contributed by atoms with Crippen molar-refractivity contribution < 1.29 is 33.1 Å². The van der Waals surface area contributed by atoms with Gasteiger partial charge >= 0.3 is 5.97 Å². The quantitative estimate of drug-likeness (QED) is 0.621. The summed E-state index contributed by atoms with van der Waals surface area (Å²) in [5.41, 5.74) is 0.688. The number of rotatable bonds is 8. The molecule has 0 spiro atoms. The van der Waals surface area contributed by atoms with Crippen LogP contribution in [-0.2, 0) is 19.7 Å². The number of carbonyl (C=O) groups excluding carboxylic acids is 3. The van der Waals surface area contributed by atoms with Crippen molar-refractivity contribution in [1.29, 1.82) is 0 Å². The van der Waals surface area contributed by atoms with Crippen molar-refractivity contribution in [3.8, 4) is 11.5 Å². The van der Waals surface area contributed by atoms with Gasteiger partial charge in [0.25, 0.3) is 11.8 Å². The number of methoxy groups -OCH3 is 2. The Hall–Kier alpha value is -3.56. The summed E-state index contributed by atoms with van der Waals surface area (Å²) in [6.45, 7) is 4.91. The number of hydrogen-bond donors (Lipinski definition) is 2. The predicted molar refractivity (Wildman–Crippen MR) is 107 cm³/mol. The maximum absolute atomic E-state index is 12.2. The van der Waals surface area contributed by atoms with E-state index < -0.39 is 30.9 Å². The van der Waals surface area contributed by atoms with E-state index in [1.165, 1.54) is 26.4 Å². The Morgan fingerprint density at radius 3 is 2.20 bits per heavy atom. The summed E-state index contributed by atoms with van der Waals surface area (Å²) < 4.78 is 20.1. The number of carbonyl (C=O) groups is 3. The van der Waals surface area contributed by atoms with Crippen LogP contribution in [0.15, 0.2) is 28.8 Å². The number of esters is 1. The van der Waals surface area contributed by atoms with Gasteiger partial charge in [0.05, 0.1) is 19.9 Å². The van der Waals surface area contributed by atoms with Crippen molar-refractivity contribution in [2.24, 2.45) is 0 Å². The molecule has 2 N–H and O–H groups in total. The maximum atomic E-state index is 12.2. The molecule has 30 heavy (non-hydrogen) atoms. The van der Waals surface area contributed by atoms with Crippen LogP contribution < -0.4 is 20.1 Å². The predicted octanol–water partition coefficient (Wildman–Crippen LogP) is 1.90. The van der Waals surface area contributed by atoms with Gasteiger partial charge in [-0.3, -0.25) is 19.7 Å². The van der Waals surface area contributed by atoms with Gasteiger partial charge in [0.1, 0.15) is 18.0 Å². The van der Waals surface area contributed by atoms with Gasteiger partial charge in [-0.05, 0) is 12.1 Å². The highest BCUT2D eigenvalue weighted by atomic mass is 16.5. The molecule has 0 unspecified atom stereocenters.